The van der Waals surface area contributed by atoms with Gasteiger partial charge in [-0.3, -0.25) is 4.98 Å². The quantitative estimate of drug-likeness (QED) is 0.763. The first-order valence-corrected chi connectivity index (χ1v) is 7.14. The molecule has 0 aromatic carbocycles. The van der Waals surface area contributed by atoms with Gasteiger partial charge in [0.15, 0.2) is 0 Å². The number of hydrogen-bond donors (Lipinski definition) is 3. The van der Waals surface area contributed by atoms with Crippen molar-refractivity contribution in [1.29, 1.82) is 0 Å². The van der Waals surface area contributed by atoms with Crippen molar-refractivity contribution in [2.75, 3.05) is 0 Å². The fourth-order valence-electron chi connectivity index (χ4n) is 2.90. The Balaban J connectivity index is 2.03. The van der Waals surface area contributed by atoms with Crippen LogP contribution in [-0.4, -0.2) is 21.2 Å². The highest BCUT2D eigenvalue weighted by Crippen LogP contribution is 2.28. The standard InChI is InChI=1S/C15H24N2O2/c1-10(12-5-3-4-6-12)17-8-14-13(9-18)7-16-11(2)15(14)19/h7,10,12,17-19H,3-6,8-9H2,1-2H3/t10-/m1/s1. The zero-order chi connectivity index (χ0) is 13.8. The first kappa shape index (κ1) is 14.3. The molecule has 1 saturated carbocycles. The van der Waals surface area contributed by atoms with Gasteiger partial charge in [0, 0.05) is 29.9 Å². The van der Waals surface area contributed by atoms with Crippen LogP contribution < -0.4 is 5.32 Å². The number of pyridine rings is 1. The van der Waals surface area contributed by atoms with Gasteiger partial charge in [-0.2, -0.15) is 0 Å². The van der Waals surface area contributed by atoms with Gasteiger partial charge in [-0.15, -0.1) is 0 Å². The average Bonchev–Trinajstić information content (AvgIpc) is 2.94. The zero-order valence-corrected chi connectivity index (χ0v) is 11.8. The molecule has 1 atom stereocenters. The summed E-state index contributed by atoms with van der Waals surface area (Å²) in [6.45, 7) is 4.48. The topological polar surface area (TPSA) is 65.4 Å². The lowest BCUT2D eigenvalue weighted by molar-refractivity contribution is 0.277. The van der Waals surface area contributed by atoms with E-state index in [1.165, 1.54) is 25.7 Å². The molecule has 0 unspecified atom stereocenters. The third kappa shape index (κ3) is 3.25. The Morgan fingerprint density at radius 1 is 1.42 bits per heavy atom. The van der Waals surface area contributed by atoms with Gasteiger partial charge in [0.1, 0.15) is 5.75 Å². The second kappa shape index (κ2) is 6.35. The van der Waals surface area contributed by atoms with Crippen LogP contribution in [0.1, 0.15) is 49.4 Å². The minimum Gasteiger partial charge on any atom is -0.506 e. The van der Waals surface area contributed by atoms with Crippen molar-refractivity contribution in [3.63, 3.8) is 0 Å². The van der Waals surface area contributed by atoms with E-state index in [4.69, 9.17) is 0 Å². The molecule has 0 spiro atoms. The zero-order valence-electron chi connectivity index (χ0n) is 11.8. The van der Waals surface area contributed by atoms with Crippen LogP contribution in [0.5, 0.6) is 5.75 Å². The Morgan fingerprint density at radius 3 is 2.74 bits per heavy atom. The van der Waals surface area contributed by atoms with E-state index in [2.05, 4.69) is 17.2 Å². The number of hydrogen-bond acceptors (Lipinski definition) is 4. The fourth-order valence-corrected chi connectivity index (χ4v) is 2.90. The number of nitrogens with zero attached hydrogens (tertiary/aromatic N) is 1. The van der Waals surface area contributed by atoms with Gasteiger partial charge >= 0.3 is 0 Å². The lowest BCUT2D eigenvalue weighted by Crippen LogP contribution is -2.32. The summed E-state index contributed by atoms with van der Waals surface area (Å²) in [5, 5.41) is 22.9. The van der Waals surface area contributed by atoms with Gasteiger partial charge in [-0.05, 0) is 32.6 Å². The smallest absolute Gasteiger partial charge is 0.141 e. The van der Waals surface area contributed by atoms with Crippen LogP contribution in [0, 0.1) is 12.8 Å². The van der Waals surface area contributed by atoms with Crippen molar-refractivity contribution < 1.29 is 10.2 Å². The van der Waals surface area contributed by atoms with Crippen molar-refractivity contribution >= 4 is 0 Å². The van der Waals surface area contributed by atoms with E-state index in [0.717, 1.165) is 11.5 Å². The average molecular weight is 264 g/mol. The minimum absolute atomic E-state index is 0.0876. The molecule has 0 radical (unpaired) electrons. The van der Waals surface area contributed by atoms with E-state index in [9.17, 15) is 10.2 Å². The normalized spacial score (nSPS) is 17.8. The van der Waals surface area contributed by atoms with Gasteiger partial charge in [0.2, 0.25) is 0 Å². The lowest BCUT2D eigenvalue weighted by atomic mass is 9.99. The summed E-state index contributed by atoms with van der Waals surface area (Å²) < 4.78 is 0. The summed E-state index contributed by atoms with van der Waals surface area (Å²) in [6, 6.07) is 0.446. The van der Waals surface area contributed by atoms with E-state index in [0.29, 0.717) is 23.8 Å². The molecule has 0 bridgehead atoms. The summed E-state index contributed by atoms with van der Waals surface area (Å²) >= 11 is 0. The maximum Gasteiger partial charge on any atom is 0.141 e. The third-order valence-corrected chi connectivity index (χ3v) is 4.31. The number of nitrogens with one attached hydrogen (secondary N) is 1. The van der Waals surface area contributed by atoms with Gasteiger partial charge in [-0.25, -0.2) is 0 Å². The van der Waals surface area contributed by atoms with Crippen molar-refractivity contribution in [2.45, 2.75) is 58.7 Å². The highest BCUT2D eigenvalue weighted by atomic mass is 16.3. The molecule has 1 aromatic heterocycles. The van der Waals surface area contributed by atoms with E-state index in [1.54, 1.807) is 13.1 Å². The molecule has 4 nitrogen and oxygen atoms in total. The second-order valence-corrected chi connectivity index (χ2v) is 5.57. The van der Waals surface area contributed by atoms with Crippen molar-refractivity contribution in [2.24, 2.45) is 5.92 Å². The van der Waals surface area contributed by atoms with Crippen LogP contribution in [0.3, 0.4) is 0 Å². The molecule has 0 amide bonds. The number of aliphatic hydroxyl groups is 1. The van der Waals surface area contributed by atoms with E-state index >= 15 is 0 Å². The lowest BCUT2D eigenvalue weighted by Gasteiger charge is -2.21. The molecule has 3 N–H and O–H groups in total. The number of aryl methyl sites for hydroxylation is 1. The molecule has 1 heterocycles. The molecule has 1 aromatic rings. The monoisotopic (exact) mass is 264 g/mol. The molecule has 0 saturated heterocycles. The Morgan fingerprint density at radius 2 is 2.11 bits per heavy atom. The van der Waals surface area contributed by atoms with Crippen LogP contribution in [0.2, 0.25) is 0 Å². The Bertz CT molecular complexity index is 428. The second-order valence-electron chi connectivity index (χ2n) is 5.57. The van der Waals surface area contributed by atoms with Crippen LogP contribution in [0.15, 0.2) is 6.20 Å². The SMILES string of the molecule is Cc1ncc(CO)c(CN[C@H](C)C2CCCC2)c1O. The summed E-state index contributed by atoms with van der Waals surface area (Å²) in [6.07, 6.45) is 6.90. The first-order valence-electron chi connectivity index (χ1n) is 7.14. The molecular weight excluding hydrogens is 240 g/mol. The van der Waals surface area contributed by atoms with Gasteiger partial charge in [-0.1, -0.05) is 12.8 Å². The van der Waals surface area contributed by atoms with Gasteiger partial charge < -0.3 is 15.5 Å². The molecule has 4 heteroatoms. The molecule has 0 aliphatic heterocycles. The number of aliphatic hydroxyl groups excluding tert-OH is 1. The first-order chi connectivity index (χ1) is 9.13. The summed E-state index contributed by atoms with van der Waals surface area (Å²) in [4.78, 5) is 4.08. The third-order valence-electron chi connectivity index (χ3n) is 4.31. The maximum absolute atomic E-state index is 10.1. The highest BCUT2D eigenvalue weighted by Gasteiger charge is 2.21. The summed E-state index contributed by atoms with van der Waals surface area (Å²) in [7, 11) is 0. The molecule has 106 valence electrons. The Labute approximate surface area is 114 Å². The van der Waals surface area contributed by atoms with Crippen molar-refractivity contribution in [3.8, 4) is 5.75 Å². The molecule has 2 rings (SSSR count). The van der Waals surface area contributed by atoms with E-state index in [1.807, 2.05) is 0 Å². The summed E-state index contributed by atoms with van der Waals surface area (Å²) in [5.74, 6) is 0.945. The largest absolute Gasteiger partial charge is 0.506 e. The van der Waals surface area contributed by atoms with Crippen LogP contribution in [-0.2, 0) is 13.2 Å². The molecule has 19 heavy (non-hydrogen) atoms. The summed E-state index contributed by atoms with van der Waals surface area (Å²) in [5.41, 5.74) is 2.09. The van der Waals surface area contributed by atoms with Gasteiger partial charge in [0.05, 0.1) is 12.3 Å². The highest BCUT2D eigenvalue weighted by molar-refractivity contribution is 5.40. The predicted molar refractivity (Wildman–Crippen MR) is 74.8 cm³/mol. The van der Waals surface area contributed by atoms with Crippen LogP contribution >= 0.6 is 0 Å². The number of rotatable bonds is 5. The molecular formula is C15H24N2O2. The predicted octanol–water partition coefficient (Wildman–Crippen LogP) is 2.26. The van der Waals surface area contributed by atoms with Crippen molar-refractivity contribution in [3.05, 3.63) is 23.0 Å². The maximum atomic E-state index is 10.1. The van der Waals surface area contributed by atoms with E-state index < -0.39 is 0 Å². The number of aromatic hydroxyl groups is 1. The Hall–Kier alpha value is -1.13. The Kier molecular flexibility index (Phi) is 4.77. The molecule has 1 aliphatic carbocycles. The van der Waals surface area contributed by atoms with Crippen LogP contribution in [0.4, 0.5) is 0 Å². The van der Waals surface area contributed by atoms with E-state index in [-0.39, 0.29) is 12.4 Å². The minimum atomic E-state index is -0.0876. The van der Waals surface area contributed by atoms with Crippen molar-refractivity contribution in [1.82, 2.24) is 10.3 Å². The van der Waals surface area contributed by atoms with Gasteiger partial charge in [0.25, 0.3) is 0 Å². The molecule has 1 fully saturated rings. The molecule has 1 aliphatic rings. The van der Waals surface area contributed by atoms with Crippen LogP contribution in [0.25, 0.3) is 0 Å². The number of aromatic nitrogens is 1. The fraction of sp³-hybridized carbons (Fsp3) is 0.667.